The van der Waals surface area contributed by atoms with Gasteiger partial charge in [0, 0.05) is 71.7 Å². The Morgan fingerprint density at radius 3 is 2.60 bits per heavy atom. The highest BCUT2D eigenvalue weighted by molar-refractivity contribution is 14.0. The van der Waals surface area contributed by atoms with Crippen LogP contribution in [-0.4, -0.2) is 74.9 Å². The summed E-state index contributed by atoms with van der Waals surface area (Å²) in [5.41, 5.74) is 0.0309. The van der Waals surface area contributed by atoms with E-state index in [0.29, 0.717) is 6.54 Å². The third-order valence-corrected chi connectivity index (χ3v) is 5.49. The van der Waals surface area contributed by atoms with Crippen molar-refractivity contribution in [2.75, 3.05) is 44.7 Å². The van der Waals surface area contributed by atoms with Gasteiger partial charge in [-0.15, -0.1) is 24.0 Å². The van der Waals surface area contributed by atoms with Crippen molar-refractivity contribution < 1.29 is 0 Å². The van der Waals surface area contributed by atoms with E-state index in [1.807, 2.05) is 17.7 Å². The molecule has 30 heavy (non-hydrogen) atoms. The lowest BCUT2D eigenvalue weighted by Crippen LogP contribution is -2.53. The molecule has 0 amide bonds. The minimum Gasteiger partial charge on any atom is -0.356 e. The Bertz CT molecular complexity index is 887. The molecule has 1 fully saturated rings. The Morgan fingerprint density at radius 1 is 1.13 bits per heavy atom. The van der Waals surface area contributed by atoms with E-state index in [0.717, 1.165) is 82.7 Å². The van der Waals surface area contributed by atoms with E-state index in [1.165, 1.54) is 0 Å². The second-order valence-electron chi connectivity index (χ2n) is 7.38. The zero-order chi connectivity index (χ0) is 20.1. The maximum Gasteiger partial charge on any atom is 0.345 e. The highest BCUT2D eigenvalue weighted by Crippen LogP contribution is 2.10. The Morgan fingerprint density at radius 2 is 1.90 bits per heavy atom. The van der Waals surface area contributed by atoms with Gasteiger partial charge in [-0.2, -0.15) is 5.10 Å². The Hall–Kier alpha value is -2.18. The van der Waals surface area contributed by atoms with Gasteiger partial charge in [0.1, 0.15) is 5.82 Å². The molecule has 2 aliphatic heterocycles. The van der Waals surface area contributed by atoms with Crippen LogP contribution in [0.4, 0.5) is 5.95 Å². The number of aliphatic imine (C=N–C) groups is 1. The topological polar surface area (TPSA) is 96.5 Å². The lowest BCUT2D eigenvalue weighted by atomic mass is 10.2. The van der Waals surface area contributed by atoms with Crippen LogP contribution in [0.15, 0.2) is 28.2 Å². The molecule has 0 atom stereocenters. The van der Waals surface area contributed by atoms with Crippen molar-refractivity contribution in [1.82, 2.24) is 34.5 Å². The van der Waals surface area contributed by atoms with Crippen LogP contribution in [0.25, 0.3) is 0 Å². The van der Waals surface area contributed by atoms with Crippen molar-refractivity contribution in [2.45, 2.75) is 38.8 Å². The van der Waals surface area contributed by atoms with E-state index in [2.05, 4.69) is 35.2 Å². The first-order chi connectivity index (χ1) is 14.3. The van der Waals surface area contributed by atoms with Crippen LogP contribution in [0.3, 0.4) is 0 Å². The molecular weight excluding hydrogens is 497 g/mol. The molecule has 1 saturated heterocycles. The zero-order valence-corrected chi connectivity index (χ0v) is 19.7. The third-order valence-electron chi connectivity index (χ3n) is 5.49. The van der Waals surface area contributed by atoms with Crippen LogP contribution in [0, 0.1) is 0 Å². The Kier molecular flexibility index (Phi) is 8.05. The number of hydrogen-bond donors (Lipinski definition) is 1. The number of halogens is 1. The first-order valence-electron chi connectivity index (χ1n) is 10.4. The van der Waals surface area contributed by atoms with Crippen LogP contribution >= 0.6 is 24.0 Å². The largest absolute Gasteiger partial charge is 0.356 e. The van der Waals surface area contributed by atoms with Crippen LogP contribution in [0.5, 0.6) is 0 Å². The van der Waals surface area contributed by atoms with Crippen molar-refractivity contribution in [1.29, 1.82) is 0 Å². The van der Waals surface area contributed by atoms with E-state index in [9.17, 15) is 4.79 Å². The van der Waals surface area contributed by atoms with Crippen LogP contribution in [0.2, 0.25) is 0 Å². The molecule has 4 rings (SSSR count). The van der Waals surface area contributed by atoms with E-state index in [-0.39, 0.29) is 29.7 Å². The number of aryl methyl sites for hydroxylation is 2. The SMILES string of the molecule is CN=C(NCCCn1nc2n(c1=O)CCCC2)N1CCN(c2ncccn2)CC1.I. The molecular formula is C19H30IN9O. The number of anilines is 1. The number of rotatable bonds is 5. The fraction of sp³-hybridized carbons (Fsp3) is 0.632. The van der Waals surface area contributed by atoms with Crippen LogP contribution in [0.1, 0.15) is 25.1 Å². The summed E-state index contributed by atoms with van der Waals surface area (Å²) in [5.74, 6) is 2.61. The van der Waals surface area contributed by atoms with E-state index in [4.69, 9.17) is 0 Å². The van der Waals surface area contributed by atoms with Gasteiger partial charge in [0.2, 0.25) is 5.95 Å². The Labute approximate surface area is 193 Å². The average Bonchev–Trinajstić information content (AvgIpc) is 3.10. The molecule has 0 spiro atoms. The molecule has 0 radical (unpaired) electrons. The summed E-state index contributed by atoms with van der Waals surface area (Å²) in [4.78, 5) is 29.9. The van der Waals surface area contributed by atoms with Gasteiger partial charge in [0.05, 0.1) is 0 Å². The number of aromatic nitrogens is 5. The normalized spacial score (nSPS) is 16.8. The minimum atomic E-state index is 0. The van der Waals surface area contributed by atoms with Crippen molar-refractivity contribution in [3.63, 3.8) is 0 Å². The van der Waals surface area contributed by atoms with Gasteiger partial charge in [-0.1, -0.05) is 0 Å². The molecule has 164 valence electrons. The Balaban J connectivity index is 0.00000256. The number of piperazine rings is 1. The monoisotopic (exact) mass is 527 g/mol. The van der Waals surface area contributed by atoms with Gasteiger partial charge >= 0.3 is 5.69 Å². The molecule has 2 aromatic heterocycles. The number of guanidine groups is 1. The number of hydrogen-bond acceptors (Lipinski definition) is 6. The fourth-order valence-corrected chi connectivity index (χ4v) is 3.93. The molecule has 2 aliphatic rings. The van der Waals surface area contributed by atoms with Gasteiger partial charge in [-0.25, -0.2) is 19.4 Å². The number of nitrogens with zero attached hydrogens (tertiary/aromatic N) is 8. The van der Waals surface area contributed by atoms with E-state index >= 15 is 0 Å². The second-order valence-corrected chi connectivity index (χ2v) is 7.38. The van der Waals surface area contributed by atoms with Gasteiger partial charge in [-0.05, 0) is 25.3 Å². The minimum absolute atomic E-state index is 0. The first-order valence-corrected chi connectivity index (χ1v) is 10.4. The lowest BCUT2D eigenvalue weighted by Gasteiger charge is -2.36. The molecule has 1 N–H and O–H groups in total. The van der Waals surface area contributed by atoms with Crippen LogP contribution < -0.4 is 15.9 Å². The molecule has 0 saturated carbocycles. The van der Waals surface area contributed by atoms with E-state index in [1.54, 1.807) is 17.1 Å². The molecule has 2 aromatic rings. The third kappa shape index (κ3) is 5.10. The van der Waals surface area contributed by atoms with Crippen molar-refractivity contribution >= 4 is 35.9 Å². The van der Waals surface area contributed by atoms with Gasteiger partial charge < -0.3 is 15.1 Å². The highest BCUT2D eigenvalue weighted by Gasteiger charge is 2.21. The maximum atomic E-state index is 12.4. The zero-order valence-electron chi connectivity index (χ0n) is 17.4. The molecule has 4 heterocycles. The maximum absolute atomic E-state index is 12.4. The summed E-state index contributed by atoms with van der Waals surface area (Å²) < 4.78 is 3.44. The summed E-state index contributed by atoms with van der Waals surface area (Å²) in [6.45, 7) is 5.64. The quantitative estimate of drug-likeness (QED) is 0.263. The standard InChI is InChI=1S/C19H29N9O.HI/c1-20-17(25-12-14-26(15-13-25)18-22-7-4-8-23-18)21-9-5-11-28-19(29)27-10-3-2-6-16(27)24-28;/h4,7-8H,2-3,5-6,9-15H2,1H3,(H,20,21);1H. The van der Waals surface area contributed by atoms with Crippen LogP contribution in [-0.2, 0) is 19.5 Å². The molecule has 0 aromatic carbocycles. The smallest absolute Gasteiger partial charge is 0.345 e. The van der Waals surface area contributed by atoms with Crippen molar-refractivity contribution in [3.05, 3.63) is 34.8 Å². The van der Waals surface area contributed by atoms with Gasteiger partial charge in [0.15, 0.2) is 5.96 Å². The number of nitrogens with one attached hydrogen (secondary N) is 1. The predicted molar refractivity (Wildman–Crippen MR) is 127 cm³/mol. The number of fused-ring (bicyclic) bond motifs is 1. The lowest BCUT2D eigenvalue weighted by molar-refractivity contribution is 0.369. The summed E-state index contributed by atoms with van der Waals surface area (Å²) in [6, 6.07) is 1.83. The first kappa shape index (κ1) is 22.5. The predicted octanol–water partition coefficient (Wildman–Crippen LogP) is 0.577. The second kappa shape index (κ2) is 10.7. The summed E-state index contributed by atoms with van der Waals surface area (Å²) >= 11 is 0. The molecule has 0 aliphatic carbocycles. The summed E-state index contributed by atoms with van der Waals surface area (Å²) in [7, 11) is 1.81. The molecule has 0 unspecified atom stereocenters. The van der Waals surface area contributed by atoms with Crippen molar-refractivity contribution in [2.24, 2.45) is 4.99 Å². The summed E-state index contributed by atoms with van der Waals surface area (Å²) in [6.07, 6.45) is 7.48. The molecule has 0 bridgehead atoms. The van der Waals surface area contributed by atoms with Gasteiger partial charge in [-0.3, -0.25) is 9.56 Å². The molecule has 10 nitrogen and oxygen atoms in total. The fourth-order valence-electron chi connectivity index (χ4n) is 3.93. The van der Waals surface area contributed by atoms with Gasteiger partial charge in [0.25, 0.3) is 0 Å². The average molecular weight is 527 g/mol. The van der Waals surface area contributed by atoms with Crippen molar-refractivity contribution in [3.8, 4) is 0 Å². The van der Waals surface area contributed by atoms with E-state index < -0.39 is 0 Å². The highest BCUT2D eigenvalue weighted by atomic mass is 127. The summed E-state index contributed by atoms with van der Waals surface area (Å²) in [5, 5.41) is 7.92. The molecule has 11 heteroatoms.